The van der Waals surface area contributed by atoms with E-state index in [1.54, 1.807) is 0 Å². The van der Waals surface area contributed by atoms with Crippen LogP contribution in [0.5, 0.6) is 0 Å². The molecule has 3 heteroatoms. The predicted molar refractivity (Wildman–Crippen MR) is 75.5 cm³/mol. The summed E-state index contributed by atoms with van der Waals surface area (Å²) in [6.07, 6.45) is 4.64. The van der Waals surface area contributed by atoms with Crippen LogP contribution >= 0.6 is 0 Å². The molecule has 1 heterocycles. The Labute approximate surface area is 111 Å². The molecular formula is C16H15N3. The van der Waals surface area contributed by atoms with Crippen LogP contribution in [0.25, 0.3) is 16.5 Å². The Morgan fingerprint density at radius 1 is 0.895 bits per heavy atom. The van der Waals surface area contributed by atoms with Crippen LogP contribution in [0, 0.1) is 0 Å². The van der Waals surface area contributed by atoms with Gasteiger partial charge < -0.3 is 0 Å². The van der Waals surface area contributed by atoms with E-state index in [-0.39, 0.29) is 0 Å². The van der Waals surface area contributed by atoms with Gasteiger partial charge in [-0.25, -0.2) is 4.68 Å². The summed E-state index contributed by atoms with van der Waals surface area (Å²) in [5.41, 5.74) is 3.62. The van der Waals surface area contributed by atoms with Crippen LogP contribution < -0.4 is 0 Å². The Morgan fingerprint density at radius 3 is 2.74 bits per heavy atom. The van der Waals surface area contributed by atoms with Crippen LogP contribution in [0.3, 0.4) is 0 Å². The van der Waals surface area contributed by atoms with Gasteiger partial charge in [0.1, 0.15) is 0 Å². The molecule has 1 aliphatic rings. The van der Waals surface area contributed by atoms with Crippen molar-refractivity contribution < 1.29 is 0 Å². The quantitative estimate of drug-likeness (QED) is 0.662. The lowest BCUT2D eigenvalue weighted by Gasteiger charge is -2.13. The largest absolute Gasteiger partial charge is 0.217 e. The number of nitrogens with zero attached hydrogens (tertiary/aromatic N) is 3. The van der Waals surface area contributed by atoms with Gasteiger partial charge in [-0.05, 0) is 37.1 Å². The van der Waals surface area contributed by atoms with E-state index >= 15 is 0 Å². The average molecular weight is 249 g/mol. The number of aromatic nitrogens is 3. The summed E-state index contributed by atoms with van der Waals surface area (Å²) < 4.78 is 2.04. The number of hydrogen-bond donors (Lipinski definition) is 0. The summed E-state index contributed by atoms with van der Waals surface area (Å²) in [5.74, 6) is 0. The summed E-state index contributed by atoms with van der Waals surface area (Å²) in [5, 5.41) is 11.2. The van der Waals surface area contributed by atoms with E-state index in [0.29, 0.717) is 0 Å². The average Bonchev–Trinajstić information content (AvgIpc) is 2.90. The molecule has 0 saturated heterocycles. The third-order valence-corrected chi connectivity index (χ3v) is 3.92. The zero-order chi connectivity index (χ0) is 12.7. The Kier molecular flexibility index (Phi) is 2.37. The van der Waals surface area contributed by atoms with Crippen molar-refractivity contribution in [2.75, 3.05) is 0 Å². The summed E-state index contributed by atoms with van der Waals surface area (Å²) >= 11 is 0. The van der Waals surface area contributed by atoms with Gasteiger partial charge in [0.25, 0.3) is 0 Å². The first-order valence-corrected chi connectivity index (χ1v) is 6.85. The highest BCUT2D eigenvalue weighted by atomic mass is 15.4. The lowest BCUT2D eigenvalue weighted by Crippen LogP contribution is -2.08. The second-order valence-corrected chi connectivity index (χ2v) is 5.10. The molecule has 3 nitrogen and oxygen atoms in total. The van der Waals surface area contributed by atoms with Crippen molar-refractivity contribution in [3.63, 3.8) is 0 Å². The SMILES string of the molecule is c1ccc2c(-n3nnc4c3CCCC4)cccc2c1. The molecule has 1 aliphatic carbocycles. The minimum absolute atomic E-state index is 1.07. The zero-order valence-electron chi connectivity index (χ0n) is 10.7. The predicted octanol–water partition coefficient (Wildman–Crippen LogP) is 3.30. The summed E-state index contributed by atoms with van der Waals surface area (Å²) in [6.45, 7) is 0. The van der Waals surface area contributed by atoms with Gasteiger partial charge in [-0.15, -0.1) is 5.10 Å². The lowest BCUT2D eigenvalue weighted by molar-refractivity contribution is 0.653. The molecule has 0 bridgehead atoms. The molecule has 1 aromatic heterocycles. The number of hydrogen-bond acceptors (Lipinski definition) is 2. The standard InChI is InChI=1S/C16H15N3/c1-2-8-13-12(6-1)7-5-11-15(13)19-16-10-4-3-9-14(16)17-18-19/h1-2,5-8,11H,3-4,9-10H2. The normalized spacial score (nSPS) is 14.5. The molecule has 2 aromatic carbocycles. The van der Waals surface area contributed by atoms with Crippen molar-refractivity contribution in [1.29, 1.82) is 0 Å². The van der Waals surface area contributed by atoms with Crippen molar-refractivity contribution in [3.8, 4) is 5.69 Å². The van der Waals surface area contributed by atoms with Gasteiger partial charge in [-0.1, -0.05) is 41.6 Å². The molecule has 0 radical (unpaired) electrons. The molecule has 0 fully saturated rings. The summed E-state index contributed by atoms with van der Waals surface area (Å²) in [7, 11) is 0. The highest BCUT2D eigenvalue weighted by Gasteiger charge is 2.18. The first-order valence-electron chi connectivity index (χ1n) is 6.85. The molecular weight excluding hydrogens is 234 g/mol. The smallest absolute Gasteiger partial charge is 0.0863 e. The zero-order valence-corrected chi connectivity index (χ0v) is 10.7. The van der Waals surface area contributed by atoms with Crippen LogP contribution in [0.4, 0.5) is 0 Å². The van der Waals surface area contributed by atoms with Gasteiger partial charge in [0.05, 0.1) is 17.1 Å². The van der Waals surface area contributed by atoms with Gasteiger partial charge in [-0.3, -0.25) is 0 Å². The number of fused-ring (bicyclic) bond motifs is 2. The van der Waals surface area contributed by atoms with Gasteiger partial charge in [0.2, 0.25) is 0 Å². The van der Waals surface area contributed by atoms with Crippen LogP contribution in [-0.2, 0) is 12.8 Å². The van der Waals surface area contributed by atoms with Crippen molar-refractivity contribution in [3.05, 3.63) is 53.9 Å². The summed E-state index contributed by atoms with van der Waals surface area (Å²) in [6, 6.07) is 14.8. The second kappa shape index (κ2) is 4.19. The Balaban J connectivity index is 1.98. The third kappa shape index (κ3) is 1.65. The number of benzene rings is 2. The van der Waals surface area contributed by atoms with E-state index < -0.39 is 0 Å². The van der Waals surface area contributed by atoms with Crippen LogP contribution in [0.15, 0.2) is 42.5 Å². The van der Waals surface area contributed by atoms with E-state index in [2.05, 4.69) is 52.8 Å². The fraction of sp³-hybridized carbons (Fsp3) is 0.250. The van der Waals surface area contributed by atoms with E-state index in [1.165, 1.54) is 35.0 Å². The highest BCUT2D eigenvalue weighted by molar-refractivity contribution is 5.90. The maximum absolute atomic E-state index is 4.38. The maximum Gasteiger partial charge on any atom is 0.0863 e. The molecule has 0 spiro atoms. The van der Waals surface area contributed by atoms with Crippen molar-refractivity contribution >= 4 is 10.8 Å². The molecule has 0 aliphatic heterocycles. The minimum Gasteiger partial charge on any atom is -0.217 e. The first kappa shape index (κ1) is 10.7. The van der Waals surface area contributed by atoms with E-state index in [9.17, 15) is 0 Å². The molecule has 0 atom stereocenters. The minimum atomic E-state index is 1.07. The maximum atomic E-state index is 4.38. The Bertz CT molecular complexity index is 737. The molecule has 0 unspecified atom stereocenters. The molecule has 0 N–H and O–H groups in total. The molecule has 0 saturated carbocycles. The van der Waals surface area contributed by atoms with Gasteiger partial charge >= 0.3 is 0 Å². The van der Waals surface area contributed by atoms with Crippen molar-refractivity contribution in [2.45, 2.75) is 25.7 Å². The van der Waals surface area contributed by atoms with Gasteiger partial charge in [-0.2, -0.15) is 0 Å². The Morgan fingerprint density at radius 2 is 1.74 bits per heavy atom. The summed E-state index contributed by atoms with van der Waals surface area (Å²) in [4.78, 5) is 0. The topological polar surface area (TPSA) is 30.7 Å². The second-order valence-electron chi connectivity index (χ2n) is 5.10. The Hall–Kier alpha value is -2.16. The molecule has 4 rings (SSSR count). The lowest BCUT2D eigenvalue weighted by atomic mass is 10.0. The molecule has 19 heavy (non-hydrogen) atoms. The van der Waals surface area contributed by atoms with Gasteiger partial charge in [0.15, 0.2) is 0 Å². The first-order chi connectivity index (χ1) is 9.43. The highest BCUT2D eigenvalue weighted by Crippen LogP contribution is 2.26. The van der Waals surface area contributed by atoms with Gasteiger partial charge in [0, 0.05) is 5.39 Å². The molecule has 3 aromatic rings. The number of rotatable bonds is 1. The molecule has 0 amide bonds. The van der Waals surface area contributed by atoms with E-state index in [4.69, 9.17) is 0 Å². The number of aryl methyl sites for hydroxylation is 1. The molecule has 94 valence electrons. The van der Waals surface area contributed by atoms with E-state index in [0.717, 1.165) is 18.5 Å². The van der Waals surface area contributed by atoms with Crippen molar-refractivity contribution in [1.82, 2.24) is 15.0 Å². The van der Waals surface area contributed by atoms with Crippen LogP contribution in [-0.4, -0.2) is 15.0 Å². The third-order valence-electron chi connectivity index (χ3n) is 3.92. The van der Waals surface area contributed by atoms with Crippen LogP contribution in [0.2, 0.25) is 0 Å². The van der Waals surface area contributed by atoms with E-state index in [1.807, 2.05) is 4.68 Å². The monoisotopic (exact) mass is 249 g/mol. The fourth-order valence-electron chi connectivity index (χ4n) is 2.95. The fourth-order valence-corrected chi connectivity index (χ4v) is 2.95. The van der Waals surface area contributed by atoms with Crippen molar-refractivity contribution in [2.24, 2.45) is 0 Å². The van der Waals surface area contributed by atoms with Crippen LogP contribution in [0.1, 0.15) is 24.2 Å².